The van der Waals surface area contributed by atoms with Gasteiger partial charge in [-0.25, -0.2) is 8.78 Å². The van der Waals surface area contributed by atoms with Crippen LogP contribution in [0.25, 0.3) is 0 Å². The summed E-state index contributed by atoms with van der Waals surface area (Å²) < 4.78 is 47.5. The maximum atomic E-state index is 13.5. The SMILES string of the molecule is CC(=O)O[C@H]1[C@H](OC(C)=O)[C@@H](OC(C)=O)C(NC(=O)c2ccc(F)c(F)c2)O[C@@H]1CO. The van der Waals surface area contributed by atoms with Crippen molar-refractivity contribution < 1.29 is 52.0 Å². The van der Waals surface area contributed by atoms with Crippen molar-refractivity contribution in [1.82, 2.24) is 5.32 Å². The van der Waals surface area contributed by atoms with Crippen LogP contribution < -0.4 is 5.32 Å². The molecule has 31 heavy (non-hydrogen) atoms. The number of benzene rings is 1. The molecule has 1 saturated heterocycles. The number of esters is 3. The third-order valence-electron chi connectivity index (χ3n) is 4.18. The molecule has 1 aromatic rings. The highest BCUT2D eigenvalue weighted by Gasteiger charge is 2.52. The van der Waals surface area contributed by atoms with Gasteiger partial charge in [-0.15, -0.1) is 0 Å². The van der Waals surface area contributed by atoms with Crippen LogP contribution in [0.15, 0.2) is 18.2 Å². The van der Waals surface area contributed by atoms with Crippen molar-refractivity contribution in [3.8, 4) is 0 Å². The lowest BCUT2D eigenvalue weighted by Gasteiger charge is -2.44. The van der Waals surface area contributed by atoms with Gasteiger partial charge in [-0.05, 0) is 18.2 Å². The quantitative estimate of drug-likeness (QED) is 0.465. The zero-order chi connectivity index (χ0) is 23.3. The van der Waals surface area contributed by atoms with E-state index in [0.29, 0.717) is 6.07 Å². The van der Waals surface area contributed by atoms with Crippen molar-refractivity contribution in [3.05, 3.63) is 35.4 Å². The van der Waals surface area contributed by atoms with Gasteiger partial charge in [-0.3, -0.25) is 19.2 Å². The van der Waals surface area contributed by atoms with Crippen LogP contribution in [-0.4, -0.2) is 66.2 Å². The highest BCUT2D eigenvalue weighted by atomic mass is 19.2. The predicted molar refractivity (Wildman–Crippen MR) is 96.2 cm³/mol. The molecule has 10 nitrogen and oxygen atoms in total. The van der Waals surface area contributed by atoms with Gasteiger partial charge in [0.15, 0.2) is 36.2 Å². The Hall–Kier alpha value is -3.12. The lowest BCUT2D eigenvalue weighted by Crippen LogP contribution is -2.66. The average Bonchev–Trinajstić information content (AvgIpc) is 2.67. The van der Waals surface area contributed by atoms with Gasteiger partial charge in [0.1, 0.15) is 6.10 Å². The van der Waals surface area contributed by atoms with Crippen molar-refractivity contribution in [2.24, 2.45) is 0 Å². The summed E-state index contributed by atoms with van der Waals surface area (Å²) in [7, 11) is 0. The molecular weight excluding hydrogens is 424 g/mol. The number of nitrogens with one attached hydrogen (secondary N) is 1. The van der Waals surface area contributed by atoms with Gasteiger partial charge in [0.2, 0.25) is 0 Å². The van der Waals surface area contributed by atoms with Crippen molar-refractivity contribution in [2.45, 2.75) is 51.4 Å². The first-order valence-corrected chi connectivity index (χ1v) is 9.07. The highest BCUT2D eigenvalue weighted by molar-refractivity contribution is 5.94. The van der Waals surface area contributed by atoms with E-state index in [2.05, 4.69) is 5.32 Å². The second-order valence-corrected chi connectivity index (χ2v) is 6.60. The van der Waals surface area contributed by atoms with Crippen LogP contribution in [0.2, 0.25) is 0 Å². The second kappa shape index (κ2) is 10.3. The molecule has 0 bridgehead atoms. The topological polar surface area (TPSA) is 137 Å². The summed E-state index contributed by atoms with van der Waals surface area (Å²) in [6, 6.07) is 2.39. The first-order chi connectivity index (χ1) is 14.5. The minimum atomic E-state index is -1.50. The van der Waals surface area contributed by atoms with Crippen molar-refractivity contribution in [1.29, 1.82) is 0 Å². The molecular formula is C19H21F2NO9. The zero-order valence-electron chi connectivity index (χ0n) is 16.8. The number of carbonyl (C=O) groups is 4. The molecule has 12 heteroatoms. The van der Waals surface area contributed by atoms with Gasteiger partial charge >= 0.3 is 17.9 Å². The second-order valence-electron chi connectivity index (χ2n) is 6.60. The summed E-state index contributed by atoms with van der Waals surface area (Å²) in [5.41, 5.74) is -0.282. The van der Waals surface area contributed by atoms with Gasteiger partial charge in [-0.2, -0.15) is 0 Å². The Labute approximate surface area is 175 Å². The monoisotopic (exact) mass is 445 g/mol. The third-order valence-corrected chi connectivity index (χ3v) is 4.18. The number of hydrogen-bond acceptors (Lipinski definition) is 9. The number of rotatable bonds is 6. The lowest BCUT2D eigenvalue weighted by atomic mass is 9.97. The molecule has 170 valence electrons. The summed E-state index contributed by atoms with van der Waals surface area (Å²) in [5.74, 6) is -5.84. The Morgan fingerprint density at radius 3 is 2.00 bits per heavy atom. The minimum Gasteiger partial charge on any atom is -0.456 e. The average molecular weight is 445 g/mol. The Bertz CT molecular complexity index is 863. The molecule has 1 fully saturated rings. The Morgan fingerprint density at radius 2 is 1.48 bits per heavy atom. The standard InChI is InChI=1S/C19H21F2NO9/c1-8(24)28-15-14(7-23)31-19(17(30-10(3)26)16(15)29-9(2)25)22-18(27)11-4-5-12(20)13(21)6-11/h4-6,14-17,19,23H,7H2,1-3H3,(H,22,27)/t14-,15-,16+,17-,19?/m1/s1. The van der Waals surface area contributed by atoms with E-state index in [4.69, 9.17) is 18.9 Å². The molecule has 1 aromatic carbocycles. The van der Waals surface area contributed by atoms with E-state index in [1.54, 1.807) is 0 Å². The van der Waals surface area contributed by atoms with Crippen LogP contribution in [0.3, 0.4) is 0 Å². The molecule has 1 heterocycles. The summed E-state index contributed by atoms with van der Waals surface area (Å²) in [6.07, 6.45) is -7.10. The van der Waals surface area contributed by atoms with E-state index in [-0.39, 0.29) is 5.56 Å². The molecule has 2 rings (SSSR count). The Kier molecular flexibility index (Phi) is 8.00. The van der Waals surface area contributed by atoms with Crippen LogP contribution >= 0.6 is 0 Å². The molecule has 0 saturated carbocycles. The van der Waals surface area contributed by atoms with Gasteiger partial charge < -0.3 is 29.4 Å². The van der Waals surface area contributed by atoms with E-state index >= 15 is 0 Å². The molecule has 5 atom stereocenters. The fourth-order valence-corrected chi connectivity index (χ4v) is 3.01. The summed E-state index contributed by atoms with van der Waals surface area (Å²) in [4.78, 5) is 47.3. The van der Waals surface area contributed by atoms with Gasteiger partial charge in [0, 0.05) is 26.3 Å². The third kappa shape index (κ3) is 6.18. The normalized spacial score (nSPS) is 25.3. The molecule has 0 spiro atoms. The molecule has 1 amide bonds. The van der Waals surface area contributed by atoms with Gasteiger partial charge in [0.05, 0.1) is 6.61 Å². The number of hydrogen-bond donors (Lipinski definition) is 2. The predicted octanol–water partition coefficient (Wildman–Crippen LogP) is 0.207. The molecule has 0 aromatic heterocycles. The number of aliphatic hydroxyl groups excluding tert-OH is 1. The zero-order valence-corrected chi connectivity index (χ0v) is 16.8. The molecule has 1 aliphatic heterocycles. The van der Waals surface area contributed by atoms with E-state index in [9.17, 15) is 33.1 Å². The maximum absolute atomic E-state index is 13.5. The smallest absolute Gasteiger partial charge is 0.303 e. The van der Waals surface area contributed by atoms with Crippen LogP contribution in [0.5, 0.6) is 0 Å². The molecule has 1 aliphatic rings. The number of halogens is 2. The van der Waals surface area contributed by atoms with Crippen LogP contribution in [0.4, 0.5) is 8.78 Å². The van der Waals surface area contributed by atoms with Crippen LogP contribution in [-0.2, 0) is 33.3 Å². The molecule has 1 unspecified atom stereocenters. The van der Waals surface area contributed by atoms with Gasteiger partial charge in [0.25, 0.3) is 5.91 Å². The number of carbonyl (C=O) groups excluding carboxylic acids is 4. The molecule has 0 aliphatic carbocycles. The van der Waals surface area contributed by atoms with E-state index in [1.807, 2.05) is 0 Å². The lowest BCUT2D eigenvalue weighted by molar-refractivity contribution is -0.254. The number of amides is 1. The Morgan fingerprint density at radius 1 is 0.935 bits per heavy atom. The first kappa shape index (κ1) is 24.2. The summed E-state index contributed by atoms with van der Waals surface area (Å²) in [6.45, 7) is 2.43. The summed E-state index contributed by atoms with van der Waals surface area (Å²) >= 11 is 0. The number of aliphatic hydroxyl groups is 1. The minimum absolute atomic E-state index is 0.282. The van der Waals surface area contributed by atoms with E-state index in [0.717, 1.165) is 32.9 Å². The molecule has 2 N–H and O–H groups in total. The number of ether oxygens (including phenoxy) is 4. The van der Waals surface area contributed by atoms with Crippen LogP contribution in [0, 0.1) is 11.6 Å². The largest absolute Gasteiger partial charge is 0.456 e. The fourth-order valence-electron chi connectivity index (χ4n) is 3.01. The maximum Gasteiger partial charge on any atom is 0.303 e. The van der Waals surface area contributed by atoms with Crippen molar-refractivity contribution >= 4 is 23.8 Å². The summed E-state index contributed by atoms with van der Waals surface area (Å²) in [5, 5.41) is 12.0. The first-order valence-electron chi connectivity index (χ1n) is 9.07. The van der Waals surface area contributed by atoms with Crippen molar-refractivity contribution in [3.63, 3.8) is 0 Å². The van der Waals surface area contributed by atoms with Gasteiger partial charge in [-0.1, -0.05) is 0 Å². The van der Waals surface area contributed by atoms with Crippen LogP contribution in [0.1, 0.15) is 31.1 Å². The Balaban J connectivity index is 2.39. The van der Waals surface area contributed by atoms with E-state index in [1.165, 1.54) is 0 Å². The molecule has 0 radical (unpaired) electrons. The van der Waals surface area contributed by atoms with Crippen molar-refractivity contribution in [2.75, 3.05) is 6.61 Å². The van der Waals surface area contributed by atoms with E-state index < -0.39 is 72.7 Å². The highest BCUT2D eigenvalue weighted by Crippen LogP contribution is 2.28. The fraction of sp³-hybridized carbons (Fsp3) is 0.474.